The number of nitrogens with two attached hydrogens (primary N) is 1. The Labute approximate surface area is 106 Å². The highest BCUT2D eigenvalue weighted by Crippen LogP contribution is 2.39. The van der Waals surface area contributed by atoms with Crippen molar-refractivity contribution in [2.24, 2.45) is 5.73 Å². The minimum absolute atomic E-state index is 0.602. The van der Waals surface area contributed by atoms with Crippen molar-refractivity contribution in [3.63, 3.8) is 0 Å². The molecule has 1 aliphatic carbocycles. The highest BCUT2D eigenvalue weighted by molar-refractivity contribution is 7.10. The van der Waals surface area contributed by atoms with E-state index in [1.54, 1.807) is 11.3 Å². The minimum atomic E-state index is 0.602. The minimum Gasteiger partial charge on any atom is -0.326 e. The number of thiazole rings is 1. The first-order valence-electron chi connectivity index (χ1n) is 6.11. The molecule has 3 rings (SSSR count). The Morgan fingerprint density at radius 1 is 1.24 bits per heavy atom. The topological polar surface area (TPSA) is 38.9 Å². The van der Waals surface area contributed by atoms with E-state index in [1.807, 2.05) is 0 Å². The lowest BCUT2D eigenvalue weighted by molar-refractivity contribution is 0.418. The Morgan fingerprint density at radius 2 is 2.00 bits per heavy atom. The molecule has 0 spiro atoms. The zero-order valence-electron chi connectivity index (χ0n) is 9.73. The third-order valence-electron chi connectivity index (χ3n) is 3.46. The number of rotatable bonds is 3. The number of benzene rings is 1. The summed E-state index contributed by atoms with van der Waals surface area (Å²) in [6, 6.07) is 8.39. The molecule has 1 aromatic carbocycles. The van der Waals surface area contributed by atoms with Crippen LogP contribution in [0.2, 0.25) is 0 Å². The van der Waals surface area contributed by atoms with Gasteiger partial charge in [0, 0.05) is 23.4 Å². The molecule has 1 saturated carbocycles. The summed E-state index contributed by atoms with van der Waals surface area (Å²) >= 11 is 1.80. The molecule has 0 bridgehead atoms. The fourth-order valence-electron chi connectivity index (χ4n) is 2.07. The predicted molar refractivity (Wildman–Crippen MR) is 72.0 cm³/mol. The quantitative estimate of drug-likeness (QED) is 0.897. The van der Waals surface area contributed by atoms with Crippen LogP contribution in [-0.4, -0.2) is 4.98 Å². The number of nitrogens with zero attached hydrogens (tertiary/aromatic N) is 1. The molecule has 17 heavy (non-hydrogen) atoms. The van der Waals surface area contributed by atoms with Gasteiger partial charge in [0.2, 0.25) is 0 Å². The van der Waals surface area contributed by atoms with E-state index < -0.39 is 0 Å². The first-order chi connectivity index (χ1) is 8.36. The molecule has 0 atom stereocenters. The lowest BCUT2D eigenvalue weighted by Gasteiger charge is -2.22. The zero-order chi connectivity index (χ0) is 11.7. The first kappa shape index (κ1) is 10.9. The monoisotopic (exact) mass is 244 g/mol. The van der Waals surface area contributed by atoms with Crippen molar-refractivity contribution in [2.45, 2.75) is 31.7 Å². The van der Waals surface area contributed by atoms with Gasteiger partial charge in [0.15, 0.2) is 0 Å². The Kier molecular flexibility index (Phi) is 2.95. The van der Waals surface area contributed by atoms with E-state index in [2.05, 4.69) is 29.6 Å². The standard InChI is InChI=1S/C14H16N2S/c15-8-10-4-6-11(7-5-10)13-9-17-14(16-13)12-2-1-3-12/h4-7,9,12H,1-3,8,15H2. The summed E-state index contributed by atoms with van der Waals surface area (Å²) in [6.07, 6.45) is 4.00. The number of hydrogen-bond acceptors (Lipinski definition) is 3. The van der Waals surface area contributed by atoms with Gasteiger partial charge in [-0.1, -0.05) is 30.7 Å². The third-order valence-corrected chi connectivity index (χ3v) is 4.47. The van der Waals surface area contributed by atoms with Crippen LogP contribution in [0.25, 0.3) is 11.3 Å². The number of hydrogen-bond donors (Lipinski definition) is 1. The summed E-state index contributed by atoms with van der Waals surface area (Å²) in [5.41, 5.74) is 9.07. The SMILES string of the molecule is NCc1ccc(-c2csc(C3CCC3)n2)cc1. The largest absolute Gasteiger partial charge is 0.326 e. The first-order valence-corrected chi connectivity index (χ1v) is 6.99. The maximum absolute atomic E-state index is 5.59. The molecule has 0 aliphatic heterocycles. The Balaban J connectivity index is 1.84. The summed E-state index contributed by atoms with van der Waals surface area (Å²) in [6.45, 7) is 0.602. The molecule has 3 heteroatoms. The van der Waals surface area contributed by atoms with Crippen molar-refractivity contribution >= 4 is 11.3 Å². The van der Waals surface area contributed by atoms with Crippen molar-refractivity contribution in [3.8, 4) is 11.3 Å². The maximum atomic E-state index is 5.59. The molecule has 0 unspecified atom stereocenters. The summed E-state index contributed by atoms with van der Waals surface area (Å²) in [4.78, 5) is 4.75. The van der Waals surface area contributed by atoms with Crippen LogP contribution in [0.5, 0.6) is 0 Å². The summed E-state index contributed by atoms with van der Waals surface area (Å²) in [7, 11) is 0. The maximum Gasteiger partial charge on any atom is 0.0963 e. The average Bonchev–Trinajstić information content (AvgIpc) is 2.76. The molecule has 2 aromatic rings. The summed E-state index contributed by atoms with van der Waals surface area (Å²) < 4.78 is 0. The van der Waals surface area contributed by atoms with Crippen LogP contribution in [0.1, 0.15) is 35.8 Å². The van der Waals surface area contributed by atoms with Gasteiger partial charge in [-0.3, -0.25) is 0 Å². The molecular weight excluding hydrogens is 228 g/mol. The van der Waals surface area contributed by atoms with E-state index in [4.69, 9.17) is 10.7 Å². The molecule has 1 fully saturated rings. The normalized spacial score (nSPS) is 15.8. The molecule has 1 heterocycles. The van der Waals surface area contributed by atoms with Crippen LogP contribution in [0, 0.1) is 0 Å². The van der Waals surface area contributed by atoms with Gasteiger partial charge in [-0.15, -0.1) is 11.3 Å². The molecule has 0 radical (unpaired) electrons. The molecule has 0 amide bonds. The zero-order valence-corrected chi connectivity index (χ0v) is 10.5. The van der Waals surface area contributed by atoms with Crippen molar-refractivity contribution in [2.75, 3.05) is 0 Å². The highest BCUT2D eigenvalue weighted by atomic mass is 32.1. The molecule has 88 valence electrons. The Hall–Kier alpha value is -1.19. The fraction of sp³-hybridized carbons (Fsp3) is 0.357. The van der Waals surface area contributed by atoms with Gasteiger partial charge in [0.05, 0.1) is 10.7 Å². The second-order valence-corrected chi connectivity index (χ2v) is 5.49. The molecule has 2 nitrogen and oxygen atoms in total. The molecule has 1 aromatic heterocycles. The summed E-state index contributed by atoms with van der Waals surface area (Å²) in [5, 5.41) is 3.49. The van der Waals surface area contributed by atoms with E-state index in [-0.39, 0.29) is 0 Å². The Morgan fingerprint density at radius 3 is 2.59 bits per heavy atom. The van der Waals surface area contributed by atoms with Gasteiger partial charge >= 0.3 is 0 Å². The van der Waals surface area contributed by atoms with E-state index in [9.17, 15) is 0 Å². The van der Waals surface area contributed by atoms with Gasteiger partial charge in [0.25, 0.3) is 0 Å². The van der Waals surface area contributed by atoms with Crippen molar-refractivity contribution < 1.29 is 0 Å². The average molecular weight is 244 g/mol. The van der Waals surface area contributed by atoms with E-state index in [0.29, 0.717) is 6.54 Å². The molecule has 2 N–H and O–H groups in total. The van der Waals surface area contributed by atoms with Crippen LogP contribution in [0.4, 0.5) is 0 Å². The lowest BCUT2D eigenvalue weighted by Crippen LogP contribution is -2.07. The molecule has 1 aliphatic rings. The highest BCUT2D eigenvalue weighted by Gasteiger charge is 2.22. The van der Waals surface area contributed by atoms with Crippen LogP contribution >= 0.6 is 11.3 Å². The van der Waals surface area contributed by atoms with Crippen LogP contribution in [0.15, 0.2) is 29.6 Å². The van der Waals surface area contributed by atoms with Crippen molar-refractivity contribution in [1.82, 2.24) is 4.98 Å². The fourth-order valence-corrected chi connectivity index (χ4v) is 3.07. The third kappa shape index (κ3) is 2.13. The second kappa shape index (κ2) is 4.59. The van der Waals surface area contributed by atoms with Crippen molar-refractivity contribution in [1.29, 1.82) is 0 Å². The van der Waals surface area contributed by atoms with Gasteiger partial charge < -0.3 is 5.73 Å². The van der Waals surface area contributed by atoms with E-state index >= 15 is 0 Å². The Bertz CT molecular complexity index is 497. The number of aromatic nitrogens is 1. The molecular formula is C14H16N2S. The lowest BCUT2D eigenvalue weighted by atomic mass is 9.86. The van der Waals surface area contributed by atoms with Crippen LogP contribution in [-0.2, 0) is 6.54 Å². The summed E-state index contributed by atoms with van der Waals surface area (Å²) in [5.74, 6) is 0.733. The smallest absolute Gasteiger partial charge is 0.0963 e. The van der Waals surface area contributed by atoms with Crippen molar-refractivity contribution in [3.05, 3.63) is 40.2 Å². The predicted octanol–water partition coefficient (Wildman–Crippen LogP) is 3.54. The van der Waals surface area contributed by atoms with Crippen LogP contribution < -0.4 is 5.73 Å². The molecule has 0 saturated heterocycles. The van der Waals surface area contributed by atoms with Gasteiger partial charge in [-0.25, -0.2) is 4.98 Å². The van der Waals surface area contributed by atoms with Gasteiger partial charge in [-0.05, 0) is 18.4 Å². The second-order valence-electron chi connectivity index (χ2n) is 4.60. The van der Waals surface area contributed by atoms with Gasteiger partial charge in [0.1, 0.15) is 0 Å². The van der Waals surface area contributed by atoms with Crippen LogP contribution in [0.3, 0.4) is 0 Å². The van der Waals surface area contributed by atoms with E-state index in [1.165, 1.54) is 35.4 Å². The van der Waals surface area contributed by atoms with E-state index in [0.717, 1.165) is 11.6 Å². The van der Waals surface area contributed by atoms with Gasteiger partial charge in [-0.2, -0.15) is 0 Å².